The minimum Gasteiger partial charge on any atom is -0.365 e. The molecule has 0 aromatic carbocycles. The Balaban J connectivity index is 1.52. The third-order valence-corrected chi connectivity index (χ3v) is 9.38. The quantitative estimate of drug-likeness (QED) is 0.372. The molecule has 2 unspecified atom stereocenters. The van der Waals surface area contributed by atoms with Crippen LogP contribution in [0.25, 0.3) is 22.4 Å². The molecule has 2 aliphatic rings. The maximum absolute atomic E-state index is 6.18. The number of anilines is 2. The maximum atomic E-state index is 6.18. The van der Waals surface area contributed by atoms with Gasteiger partial charge in [-0.3, -0.25) is 0 Å². The van der Waals surface area contributed by atoms with Crippen LogP contribution in [0.1, 0.15) is 33.0 Å². The van der Waals surface area contributed by atoms with E-state index in [0.717, 1.165) is 73.3 Å². The van der Waals surface area contributed by atoms with Crippen molar-refractivity contribution in [2.24, 2.45) is 5.92 Å². The maximum Gasteiger partial charge on any atom is 0.227 e. The molecule has 38 heavy (non-hydrogen) atoms. The summed E-state index contributed by atoms with van der Waals surface area (Å²) in [5, 5.41) is 10.7. The molecule has 5 rings (SSSR count). The lowest BCUT2D eigenvalue weighted by Gasteiger charge is -2.34. The zero-order chi connectivity index (χ0) is 26.9. The highest BCUT2D eigenvalue weighted by atomic mass is 28.3. The molecule has 5 heterocycles. The molecule has 3 N–H and O–H groups in total. The third kappa shape index (κ3) is 5.70. The van der Waals surface area contributed by atoms with Crippen LogP contribution in [0.2, 0.25) is 19.6 Å². The van der Waals surface area contributed by atoms with Crippen molar-refractivity contribution in [2.45, 2.75) is 64.8 Å². The first-order valence-electron chi connectivity index (χ1n) is 14.0. The first kappa shape index (κ1) is 27.0. The molecule has 206 valence electrons. The van der Waals surface area contributed by atoms with Gasteiger partial charge in [0.2, 0.25) is 5.95 Å². The van der Waals surface area contributed by atoms with E-state index in [0.29, 0.717) is 24.6 Å². The van der Waals surface area contributed by atoms with E-state index in [1.165, 1.54) is 0 Å². The molecule has 11 heteroatoms. The molecule has 10 nitrogen and oxygen atoms in total. The number of fused-ring (bicyclic) bond motifs is 1. The molecule has 0 bridgehead atoms. The zero-order valence-corrected chi connectivity index (χ0v) is 24.7. The monoisotopic (exact) mass is 537 g/mol. The van der Waals surface area contributed by atoms with Crippen molar-refractivity contribution in [3.8, 4) is 11.3 Å². The van der Waals surface area contributed by atoms with Gasteiger partial charge < -0.3 is 30.2 Å². The number of nitrogens with one attached hydrogen (secondary N) is 3. The van der Waals surface area contributed by atoms with Gasteiger partial charge in [-0.15, -0.1) is 0 Å². The summed E-state index contributed by atoms with van der Waals surface area (Å²) in [4.78, 5) is 22.1. The van der Waals surface area contributed by atoms with Gasteiger partial charge in [0, 0.05) is 57.3 Å². The van der Waals surface area contributed by atoms with Crippen LogP contribution in [0, 0.1) is 5.92 Å². The fourth-order valence-corrected chi connectivity index (χ4v) is 7.27. The van der Waals surface area contributed by atoms with Crippen LogP contribution in [0.15, 0.2) is 24.7 Å². The van der Waals surface area contributed by atoms with Gasteiger partial charge in [-0.25, -0.2) is 15.0 Å². The van der Waals surface area contributed by atoms with Crippen molar-refractivity contribution in [1.29, 1.82) is 0 Å². The molecule has 3 aromatic rings. The summed E-state index contributed by atoms with van der Waals surface area (Å²) in [6.45, 7) is 18.9. The lowest BCUT2D eigenvalue weighted by atomic mass is 9.97. The van der Waals surface area contributed by atoms with Crippen molar-refractivity contribution in [3.63, 3.8) is 0 Å². The largest absolute Gasteiger partial charge is 0.365 e. The van der Waals surface area contributed by atoms with Crippen LogP contribution in [-0.4, -0.2) is 84.0 Å². The van der Waals surface area contributed by atoms with E-state index in [-0.39, 0.29) is 5.85 Å². The van der Waals surface area contributed by atoms with Gasteiger partial charge in [0.1, 0.15) is 25.3 Å². The average molecular weight is 538 g/mol. The second kappa shape index (κ2) is 11.2. The van der Waals surface area contributed by atoms with E-state index in [4.69, 9.17) is 24.7 Å². The highest BCUT2D eigenvalue weighted by Crippen LogP contribution is 2.31. The fraction of sp³-hybridized carbons (Fsp3) is 0.630. The van der Waals surface area contributed by atoms with Gasteiger partial charge in [-0.1, -0.05) is 26.6 Å². The molecule has 0 radical (unpaired) electrons. The van der Waals surface area contributed by atoms with Gasteiger partial charge in [-0.05, 0) is 38.8 Å². The summed E-state index contributed by atoms with van der Waals surface area (Å²) in [6.07, 6.45) is 6.92. The minimum atomic E-state index is -1.65. The van der Waals surface area contributed by atoms with E-state index in [9.17, 15) is 0 Å². The second-order valence-corrected chi connectivity index (χ2v) is 17.1. The first-order valence-corrected chi connectivity index (χ1v) is 17.6. The summed E-state index contributed by atoms with van der Waals surface area (Å²) in [7, 11) is -1.65. The Bertz CT molecular complexity index is 1240. The summed E-state index contributed by atoms with van der Waals surface area (Å²) in [6, 6.07) is 2.66. The Hall–Kier alpha value is -2.60. The fourth-order valence-electron chi connectivity index (χ4n) is 5.56. The van der Waals surface area contributed by atoms with Crippen LogP contribution in [0.3, 0.4) is 0 Å². The van der Waals surface area contributed by atoms with Crippen LogP contribution >= 0.6 is 0 Å². The molecule has 2 fully saturated rings. The van der Waals surface area contributed by atoms with E-state index in [1.54, 1.807) is 0 Å². The number of rotatable bonds is 8. The highest BCUT2D eigenvalue weighted by Gasteiger charge is 2.31. The molecule has 4 atom stereocenters. The first-order chi connectivity index (χ1) is 18.2. The van der Waals surface area contributed by atoms with E-state index in [2.05, 4.69) is 65.1 Å². The van der Waals surface area contributed by atoms with Gasteiger partial charge in [0.15, 0.2) is 5.65 Å². The van der Waals surface area contributed by atoms with Crippen LogP contribution in [0.5, 0.6) is 0 Å². The van der Waals surface area contributed by atoms with Crippen molar-refractivity contribution < 1.29 is 4.74 Å². The van der Waals surface area contributed by atoms with Crippen LogP contribution in [-0.2, 0) is 4.74 Å². The number of aromatic nitrogens is 5. The topological polar surface area (TPSA) is 105 Å². The molecule has 0 saturated carbocycles. The third-order valence-electron chi connectivity index (χ3n) is 7.46. The molecule has 0 amide bonds. The average Bonchev–Trinajstić information content (AvgIpc) is 3.29. The van der Waals surface area contributed by atoms with Crippen molar-refractivity contribution >= 4 is 31.0 Å². The predicted molar refractivity (Wildman–Crippen MR) is 156 cm³/mol. The Morgan fingerprint density at radius 1 is 1.11 bits per heavy atom. The summed E-state index contributed by atoms with van der Waals surface area (Å²) in [5.41, 5.74) is 3.35. The summed E-state index contributed by atoms with van der Waals surface area (Å²) in [5.74, 6) is 2.20. The Morgan fingerprint density at radius 2 is 1.95 bits per heavy atom. The van der Waals surface area contributed by atoms with Gasteiger partial charge in [0.25, 0.3) is 0 Å². The van der Waals surface area contributed by atoms with Crippen molar-refractivity contribution in [2.75, 3.05) is 49.5 Å². The summed E-state index contributed by atoms with van der Waals surface area (Å²) >= 11 is 0. The SMILES string of the molecule is CCOC(n1ccc2nc(-c3cnc(N4CCNCC4C)nc3N[C@@H]3CNC[C@@H](C)C3)cnc21)[Si](C)(C)C. The number of nitrogens with zero attached hydrogens (tertiary/aromatic N) is 6. The van der Waals surface area contributed by atoms with Crippen molar-refractivity contribution in [1.82, 2.24) is 35.1 Å². The van der Waals surface area contributed by atoms with E-state index >= 15 is 0 Å². The number of ether oxygens (including phenoxy) is 1. The number of hydrogen-bond donors (Lipinski definition) is 3. The molecule has 3 aromatic heterocycles. The molecule has 2 aliphatic heterocycles. The minimum absolute atomic E-state index is 0.00630. The Morgan fingerprint density at radius 3 is 2.68 bits per heavy atom. The number of piperazine rings is 1. The lowest BCUT2D eigenvalue weighted by molar-refractivity contribution is 0.0665. The number of piperidine rings is 1. The molecule has 0 spiro atoms. The Kier molecular flexibility index (Phi) is 7.99. The highest BCUT2D eigenvalue weighted by molar-refractivity contribution is 6.76. The molecular formula is C27H43N9OSi. The second-order valence-electron chi connectivity index (χ2n) is 11.9. The molecule has 0 aliphatic carbocycles. The molecule has 2 saturated heterocycles. The van der Waals surface area contributed by atoms with Crippen LogP contribution < -0.4 is 20.9 Å². The van der Waals surface area contributed by atoms with Gasteiger partial charge in [-0.2, -0.15) is 4.98 Å². The zero-order valence-electron chi connectivity index (χ0n) is 23.7. The molecular weight excluding hydrogens is 494 g/mol. The van der Waals surface area contributed by atoms with Gasteiger partial charge >= 0.3 is 0 Å². The Labute approximate surface area is 227 Å². The van der Waals surface area contributed by atoms with Gasteiger partial charge in [0.05, 0.1) is 17.5 Å². The van der Waals surface area contributed by atoms with Crippen LogP contribution in [0.4, 0.5) is 11.8 Å². The van der Waals surface area contributed by atoms with Crippen molar-refractivity contribution in [3.05, 3.63) is 24.7 Å². The number of hydrogen-bond acceptors (Lipinski definition) is 9. The smallest absolute Gasteiger partial charge is 0.227 e. The van der Waals surface area contributed by atoms with E-state index < -0.39 is 8.07 Å². The standard InChI is InChI=1S/C27H43N9OSi/c1-7-37-27(38(4,5)6)36-10-8-22-25(36)30-17-23(33-22)21-16-31-26(35-11-9-28-14-19(35)3)34-24(21)32-20-12-18(2)13-29-15-20/h8,10,16-20,27-29H,7,9,11-15H2,1-6H3,(H,31,32,34)/t18-,19?,20-,27?/m0/s1. The normalized spacial score (nSPS) is 23.5. The predicted octanol–water partition coefficient (Wildman–Crippen LogP) is 3.51. The summed E-state index contributed by atoms with van der Waals surface area (Å²) < 4.78 is 8.33. The van der Waals surface area contributed by atoms with E-state index in [1.807, 2.05) is 25.4 Å². The lowest BCUT2D eigenvalue weighted by Crippen LogP contribution is -2.50.